The summed E-state index contributed by atoms with van der Waals surface area (Å²) in [6.45, 7) is 5.36. The molecule has 1 atom stereocenters. The average Bonchev–Trinajstić information content (AvgIpc) is 2.67. The van der Waals surface area contributed by atoms with E-state index in [0.717, 1.165) is 19.4 Å². The van der Waals surface area contributed by atoms with Crippen LogP contribution in [-0.2, 0) is 13.0 Å². The van der Waals surface area contributed by atoms with Crippen molar-refractivity contribution in [3.8, 4) is 0 Å². The van der Waals surface area contributed by atoms with Crippen LogP contribution in [0.5, 0.6) is 0 Å². The molecule has 1 rings (SSSR count). The maximum Gasteiger partial charge on any atom is 0.0584 e. The van der Waals surface area contributed by atoms with Gasteiger partial charge in [0.15, 0.2) is 0 Å². The van der Waals surface area contributed by atoms with Crippen LogP contribution in [0, 0.1) is 0 Å². The van der Waals surface area contributed by atoms with Crippen LogP contribution >= 0.6 is 11.3 Å². The summed E-state index contributed by atoms with van der Waals surface area (Å²) in [6.07, 6.45) is 2.09. The third kappa shape index (κ3) is 3.40. The molecule has 1 heterocycles. The van der Waals surface area contributed by atoms with Crippen LogP contribution in [0.4, 0.5) is 0 Å². The lowest BCUT2D eigenvalue weighted by Crippen LogP contribution is -2.30. The van der Waals surface area contributed by atoms with Crippen molar-refractivity contribution < 1.29 is 5.11 Å². The fourth-order valence-electron chi connectivity index (χ4n) is 1.29. The topological polar surface area (TPSA) is 32.3 Å². The van der Waals surface area contributed by atoms with Gasteiger partial charge in [0, 0.05) is 22.3 Å². The molecule has 2 N–H and O–H groups in total. The van der Waals surface area contributed by atoms with Gasteiger partial charge in [-0.05, 0) is 25.0 Å². The Morgan fingerprint density at radius 3 is 2.57 bits per heavy atom. The summed E-state index contributed by atoms with van der Waals surface area (Å²) in [6, 6.07) is 4.59. The van der Waals surface area contributed by atoms with Crippen molar-refractivity contribution in [2.24, 2.45) is 0 Å². The van der Waals surface area contributed by atoms with Gasteiger partial charge in [-0.1, -0.05) is 13.8 Å². The number of thiophene rings is 1. The van der Waals surface area contributed by atoms with Gasteiger partial charge in [0.2, 0.25) is 0 Å². The minimum Gasteiger partial charge on any atom is -0.395 e. The van der Waals surface area contributed by atoms with Gasteiger partial charge in [-0.2, -0.15) is 0 Å². The first-order valence-corrected chi connectivity index (χ1v) is 6.03. The number of hydrogen-bond donors (Lipinski definition) is 2. The van der Waals surface area contributed by atoms with Crippen LogP contribution in [0.2, 0.25) is 0 Å². The highest BCUT2D eigenvalue weighted by Crippen LogP contribution is 2.16. The van der Waals surface area contributed by atoms with E-state index < -0.39 is 0 Å². The molecule has 0 fully saturated rings. The minimum atomic E-state index is 0.225. The van der Waals surface area contributed by atoms with E-state index in [-0.39, 0.29) is 12.6 Å². The van der Waals surface area contributed by atoms with Crippen molar-refractivity contribution in [3.63, 3.8) is 0 Å². The molecule has 1 aromatic rings. The molecule has 14 heavy (non-hydrogen) atoms. The standard InChI is InChI=1S/C11H19NOS/c1-3-9(8-13)12-7-11-6-5-10(4-2)14-11/h5-6,9,12-13H,3-4,7-8H2,1-2H3/t9-/m0/s1. The second-order valence-corrected chi connectivity index (χ2v) is 4.64. The summed E-state index contributed by atoms with van der Waals surface area (Å²) in [7, 11) is 0. The Hall–Kier alpha value is -0.380. The molecule has 2 nitrogen and oxygen atoms in total. The molecule has 0 radical (unpaired) electrons. The molecule has 0 amide bonds. The third-order valence-electron chi connectivity index (χ3n) is 2.34. The SMILES string of the molecule is CCc1ccc(CN[C@@H](CC)CO)s1. The van der Waals surface area contributed by atoms with Gasteiger partial charge in [-0.15, -0.1) is 11.3 Å². The molecule has 3 heteroatoms. The molecule has 0 aliphatic heterocycles. The lowest BCUT2D eigenvalue weighted by molar-refractivity contribution is 0.238. The number of nitrogens with one attached hydrogen (secondary N) is 1. The summed E-state index contributed by atoms with van der Waals surface area (Å²) in [4.78, 5) is 2.78. The Labute approximate surface area is 90.0 Å². The van der Waals surface area contributed by atoms with Crippen LogP contribution in [0.3, 0.4) is 0 Å². The first-order chi connectivity index (χ1) is 6.80. The van der Waals surface area contributed by atoms with Crippen LogP contribution in [0.1, 0.15) is 30.0 Å². The lowest BCUT2D eigenvalue weighted by atomic mass is 10.2. The minimum absolute atomic E-state index is 0.225. The predicted molar refractivity (Wildman–Crippen MR) is 61.7 cm³/mol. The van der Waals surface area contributed by atoms with Crippen LogP contribution in [0.25, 0.3) is 0 Å². The van der Waals surface area contributed by atoms with Crippen molar-refractivity contribution in [3.05, 3.63) is 21.9 Å². The number of hydrogen-bond acceptors (Lipinski definition) is 3. The Bertz CT molecular complexity index is 256. The highest BCUT2D eigenvalue weighted by molar-refractivity contribution is 7.11. The first-order valence-electron chi connectivity index (χ1n) is 5.22. The molecular formula is C11H19NOS. The van der Waals surface area contributed by atoms with Crippen LogP contribution in [0.15, 0.2) is 12.1 Å². The zero-order valence-corrected chi connectivity index (χ0v) is 9.73. The molecule has 80 valence electrons. The van der Waals surface area contributed by atoms with E-state index in [9.17, 15) is 0 Å². The highest BCUT2D eigenvalue weighted by Gasteiger charge is 2.04. The van der Waals surface area contributed by atoms with Crippen molar-refractivity contribution in [2.75, 3.05) is 6.61 Å². The smallest absolute Gasteiger partial charge is 0.0584 e. The zero-order valence-electron chi connectivity index (χ0n) is 8.92. The molecule has 0 spiro atoms. The van der Waals surface area contributed by atoms with Crippen molar-refractivity contribution in [1.29, 1.82) is 0 Å². The quantitative estimate of drug-likeness (QED) is 0.759. The molecule has 1 aromatic heterocycles. The maximum atomic E-state index is 9.00. The van der Waals surface area contributed by atoms with Gasteiger partial charge >= 0.3 is 0 Å². The van der Waals surface area contributed by atoms with Gasteiger partial charge in [-0.25, -0.2) is 0 Å². The second-order valence-electron chi connectivity index (χ2n) is 3.39. The third-order valence-corrected chi connectivity index (χ3v) is 3.57. The van der Waals surface area contributed by atoms with Gasteiger partial charge in [0.25, 0.3) is 0 Å². The zero-order chi connectivity index (χ0) is 10.4. The van der Waals surface area contributed by atoms with E-state index in [1.807, 2.05) is 11.3 Å². The van der Waals surface area contributed by atoms with E-state index in [0.29, 0.717) is 0 Å². The van der Waals surface area contributed by atoms with Gasteiger partial charge in [-0.3, -0.25) is 0 Å². The summed E-state index contributed by atoms with van der Waals surface area (Å²) in [5.74, 6) is 0. The summed E-state index contributed by atoms with van der Waals surface area (Å²) < 4.78 is 0. The van der Waals surface area contributed by atoms with E-state index in [4.69, 9.17) is 5.11 Å². The first kappa shape index (κ1) is 11.7. The normalized spacial score (nSPS) is 13.1. The number of aliphatic hydroxyl groups excluding tert-OH is 1. The Balaban J connectivity index is 2.37. The highest BCUT2D eigenvalue weighted by atomic mass is 32.1. The Kier molecular flexibility index (Phi) is 5.15. The lowest BCUT2D eigenvalue weighted by Gasteiger charge is -2.12. The van der Waals surface area contributed by atoms with E-state index in [1.54, 1.807) is 0 Å². The van der Waals surface area contributed by atoms with Gasteiger partial charge in [0.1, 0.15) is 0 Å². The molecule has 0 unspecified atom stereocenters. The van der Waals surface area contributed by atoms with E-state index in [2.05, 4.69) is 31.3 Å². The van der Waals surface area contributed by atoms with E-state index >= 15 is 0 Å². The summed E-state index contributed by atoms with van der Waals surface area (Å²) >= 11 is 1.85. The monoisotopic (exact) mass is 213 g/mol. The molecule has 0 aliphatic carbocycles. The molecule has 0 aliphatic rings. The van der Waals surface area contributed by atoms with Crippen LogP contribution in [-0.4, -0.2) is 17.8 Å². The van der Waals surface area contributed by atoms with Crippen LogP contribution < -0.4 is 5.32 Å². The number of aryl methyl sites for hydroxylation is 1. The number of aliphatic hydroxyl groups is 1. The van der Waals surface area contributed by atoms with Gasteiger partial charge < -0.3 is 10.4 Å². The van der Waals surface area contributed by atoms with Crippen molar-refractivity contribution in [1.82, 2.24) is 5.32 Å². The van der Waals surface area contributed by atoms with Gasteiger partial charge in [0.05, 0.1) is 6.61 Å². The maximum absolute atomic E-state index is 9.00. The fourth-order valence-corrected chi connectivity index (χ4v) is 2.20. The summed E-state index contributed by atoms with van der Waals surface area (Å²) in [5, 5.41) is 12.3. The van der Waals surface area contributed by atoms with Crippen molar-refractivity contribution >= 4 is 11.3 Å². The molecule has 0 saturated carbocycles. The molecule has 0 bridgehead atoms. The largest absolute Gasteiger partial charge is 0.395 e. The molecular weight excluding hydrogens is 194 g/mol. The summed E-state index contributed by atoms with van der Waals surface area (Å²) in [5.41, 5.74) is 0. The molecule has 0 saturated heterocycles. The molecule has 0 aromatic carbocycles. The Morgan fingerprint density at radius 2 is 2.07 bits per heavy atom. The van der Waals surface area contributed by atoms with Crippen molar-refractivity contribution in [2.45, 2.75) is 39.3 Å². The fraction of sp³-hybridized carbons (Fsp3) is 0.636. The Morgan fingerprint density at radius 1 is 1.36 bits per heavy atom. The van der Waals surface area contributed by atoms with E-state index in [1.165, 1.54) is 9.75 Å². The predicted octanol–water partition coefficient (Wildman–Crippen LogP) is 2.17. The average molecular weight is 213 g/mol. The number of rotatable bonds is 6. The second kappa shape index (κ2) is 6.17.